The molecule has 128 valence electrons. The lowest BCUT2D eigenvalue weighted by molar-refractivity contribution is -0.117. The minimum Gasteiger partial charge on any atom is -0.344 e. The summed E-state index contributed by atoms with van der Waals surface area (Å²) >= 11 is 1.56. The fraction of sp³-hybridized carbons (Fsp3) is 0.211. The van der Waals surface area contributed by atoms with Crippen molar-refractivity contribution in [1.82, 2.24) is 15.1 Å². The Morgan fingerprint density at radius 1 is 1.12 bits per heavy atom. The van der Waals surface area contributed by atoms with Crippen LogP contribution in [0.5, 0.6) is 0 Å². The van der Waals surface area contributed by atoms with E-state index in [0.717, 1.165) is 16.1 Å². The molecule has 0 atom stereocenters. The van der Waals surface area contributed by atoms with E-state index in [2.05, 4.69) is 10.4 Å². The maximum Gasteiger partial charge on any atom is 0.292 e. The van der Waals surface area contributed by atoms with Gasteiger partial charge in [0.05, 0.1) is 29.2 Å². The van der Waals surface area contributed by atoms with Crippen molar-refractivity contribution in [3.8, 4) is 5.69 Å². The van der Waals surface area contributed by atoms with Crippen LogP contribution in [0.25, 0.3) is 5.69 Å². The smallest absolute Gasteiger partial charge is 0.292 e. The molecular formula is C19H19N3O2S. The van der Waals surface area contributed by atoms with Gasteiger partial charge in [-0.2, -0.15) is 5.10 Å². The Morgan fingerprint density at radius 3 is 2.48 bits per heavy atom. The van der Waals surface area contributed by atoms with Crippen LogP contribution in [0.2, 0.25) is 0 Å². The Labute approximate surface area is 150 Å². The second-order valence-corrected chi connectivity index (χ2v) is 6.83. The van der Waals surface area contributed by atoms with Gasteiger partial charge in [-0.05, 0) is 49.9 Å². The van der Waals surface area contributed by atoms with Gasteiger partial charge in [0, 0.05) is 4.88 Å². The van der Waals surface area contributed by atoms with Gasteiger partial charge in [0.25, 0.3) is 11.7 Å². The van der Waals surface area contributed by atoms with Crippen molar-refractivity contribution in [3.63, 3.8) is 0 Å². The summed E-state index contributed by atoms with van der Waals surface area (Å²) in [6, 6.07) is 11.5. The summed E-state index contributed by atoms with van der Waals surface area (Å²) in [6.07, 6.45) is 0. The normalized spacial score (nSPS) is 10.7. The summed E-state index contributed by atoms with van der Waals surface area (Å²) in [5.41, 5.74) is 3.55. The third-order valence-electron chi connectivity index (χ3n) is 4.10. The summed E-state index contributed by atoms with van der Waals surface area (Å²) in [4.78, 5) is 26.0. The van der Waals surface area contributed by atoms with E-state index in [1.807, 2.05) is 48.7 Å². The average molecular weight is 353 g/mol. The van der Waals surface area contributed by atoms with Crippen LogP contribution >= 0.6 is 11.3 Å². The Bertz CT molecular complexity index is 926. The van der Waals surface area contributed by atoms with E-state index in [1.54, 1.807) is 29.9 Å². The fourth-order valence-electron chi connectivity index (χ4n) is 2.73. The number of carbonyl (C=O) groups is 2. The number of benzene rings is 1. The summed E-state index contributed by atoms with van der Waals surface area (Å²) in [6.45, 7) is 5.89. The number of ketones is 1. The molecule has 1 aromatic carbocycles. The maximum absolute atomic E-state index is 12.6. The summed E-state index contributed by atoms with van der Waals surface area (Å²) < 4.78 is 1.69. The van der Waals surface area contributed by atoms with Gasteiger partial charge in [0.1, 0.15) is 0 Å². The summed E-state index contributed by atoms with van der Waals surface area (Å²) in [5.74, 6) is -1.15. The van der Waals surface area contributed by atoms with Crippen LogP contribution in [0.4, 0.5) is 0 Å². The molecule has 0 aliphatic rings. The Morgan fingerprint density at radius 2 is 1.84 bits per heavy atom. The lowest BCUT2D eigenvalue weighted by Crippen LogP contribution is -2.31. The number of thiophene rings is 1. The number of Topliss-reactive ketones (excluding diaryl/α,β-unsaturated/α-hetero) is 1. The highest BCUT2D eigenvalue weighted by molar-refractivity contribution is 7.10. The molecule has 1 amide bonds. The molecule has 0 spiro atoms. The highest BCUT2D eigenvalue weighted by Gasteiger charge is 2.25. The van der Waals surface area contributed by atoms with Gasteiger partial charge in [-0.15, -0.1) is 11.3 Å². The highest BCUT2D eigenvalue weighted by Crippen LogP contribution is 2.19. The molecule has 0 bridgehead atoms. The van der Waals surface area contributed by atoms with Gasteiger partial charge >= 0.3 is 0 Å². The maximum atomic E-state index is 12.6. The molecule has 2 aromatic heterocycles. The van der Waals surface area contributed by atoms with E-state index in [9.17, 15) is 9.59 Å². The first-order valence-corrected chi connectivity index (χ1v) is 8.84. The lowest BCUT2D eigenvalue weighted by Gasteiger charge is -2.06. The molecular weight excluding hydrogens is 334 g/mol. The first kappa shape index (κ1) is 17.1. The van der Waals surface area contributed by atoms with Crippen molar-refractivity contribution in [1.29, 1.82) is 0 Å². The lowest BCUT2D eigenvalue weighted by atomic mass is 10.1. The second-order valence-electron chi connectivity index (χ2n) is 5.83. The number of nitrogens with zero attached hydrogens (tertiary/aromatic N) is 2. The first-order chi connectivity index (χ1) is 12.0. The molecule has 3 aromatic rings. The predicted molar refractivity (Wildman–Crippen MR) is 98.3 cm³/mol. The zero-order chi connectivity index (χ0) is 18.0. The van der Waals surface area contributed by atoms with Gasteiger partial charge in [-0.25, -0.2) is 4.68 Å². The molecule has 0 saturated carbocycles. The molecule has 6 heteroatoms. The van der Waals surface area contributed by atoms with E-state index in [-0.39, 0.29) is 0 Å². The van der Waals surface area contributed by atoms with Crippen LogP contribution < -0.4 is 5.32 Å². The van der Waals surface area contributed by atoms with Crippen LogP contribution in [0, 0.1) is 20.8 Å². The van der Waals surface area contributed by atoms with Gasteiger partial charge in [-0.1, -0.05) is 18.2 Å². The minimum atomic E-state index is -0.605. The highest BCUT2D eigenvalue weighted by atomic mass is 32.1. The Kier molecular flexibility index (Phi) is 4.81. The molecule has 3 rings (SSSR count). The van der Waals surface area contributed by atoms with Crippen molar-refractivity contribution in [3.05, 3.63) is 69.2 Å². The molecule has 2 heterocycles. The van der Waals surface area contributed by atoms with Crippen molar-refractivity contribution >= 4 is 23.0 Å². The van der Waals surface area contributed by atoms with Crippen LogP contribution in [0.15, 0.2) is 41.8 Å². The number of amides is 1. The van der Waals surface area contributed by atoms with Gasteiger partial charge in [0.15, 0.2) is 0 Å². The molecule has 0 saturated heterocycles. The van der Waals surface area contributed by atoms with Gasteiger partial charge < -0.3 is 5.32 Å². The molecule has 5 nitrogen and oxygen atoms in total. The Balaban J connectivity index is 1.81. The number of rotatable bonds is 5. The van der Waals surface area contributed by atoms with Crippen LogP contribution in [-0.4, -0.2) is 21.5 Å². The van der Waals surface area contributed by atoms with E-state index in [1.165, 1.54) is 0 Å². The molecule has 0 radical (unpaired) electrons. The van der Waals surface area contributed by atoms with Gasteiger partial charge in [0.2, 0.25) is 0 Å². The van der Waals surface area contributed by atoms with Crippen molar-refractivity contribution in [2.24, 2.45) is 0 Å². The van der Waals surface area contributed by atoms with Crippen LogP contribution in [0.1, 0.15) is 32.2 Å². The molecule has 1 N–H and O–H groups in total. The SMILES string of the molecule is Cc1ccsc1CNC(=O)C(=O)c1c(C)nn(-c2ccccc2)c1C. The fourth-order valence-corrected chi connectivity index (χ4v) is 3.58. The van der Waals surface area contributed by atoms with E-state index in [4.69, 9.17) is 0 Å². The molecule has 25 heavy (non-hydrogen) atoms. The molecule has 0 unspecified atom stereocenters. The van der Waals surface area contributed by atoms with Gasteiger partial charge in [-0.3, -0.25) is 9.59 Å². The zero-order valence-corrected chi connectivity index (χ0v) is 15.2. The molecule has 0 fully saturated rings. The second kappa shape index (κ2) is 7.03. The van der Waals surface area contributed by atoms with Crippen LogP contribution in [0.3, 0.4) is 0 Å². The van der Waals surface area contributed by atoms with Crippen molar-refractivity contribution in [2.45, 2.75) is 27.3 Å². The monoisotopic (exact) mass is 353 g/mol. The third kappa shape index (κ3) is 3.39. The van der Waals surface area contributed by atoms with E-state index < -0.39 is 11.7 Å². The third-order valence-corrected chi connectivity index (χ3v) is 5.13. The minimum absolute atomic E-state index is 0.360. The number of hydrogen-bond acceptors (Lipinski definition) is 4. The van der Waals surface area contributed by atoms with E-state index in [0.29, 0.717) is 23.5 Å². The first-order valence-electron chi connectivity index (χ1n) is 7.96. The molecule has 0 aliphatic carbocycles. The Hall–Kier alpha value is -2.73. The number of aryl methyl sites for hydroxylation is 2. The number of aromatic nitrogens is 2. The number of hydrogen-bond donors (Lipinski definition) is 1. The number of carbonyl (C=O) groups excluding carboxylic acids is 2. The number of nitrogens with one attached hydrogen (secondary N) is 1. The van der Waals surface area contributed by atoms with Crippen molar-refractivity contribution in [2.75, 3.05) is 0 Å². The predicted octanol–water partition coefficient (Wildman–Crippen LogP) is 3.36. The van der Waals surface area contributed by atoms with E-state index >= 15 is 0 Å². The van der Waals surface area contributed by atoms with Crippen LogP contribution in [-0.2, 0) is 11.3 Å². The van der Waals surface area contributed by atoms with Crippen molar-refractivity contribution < 1.29 is 9.59 Å². The summed E-state index contributed by atoms with van der Waals surface area (Å²) in [5, 5.41) is 9.11. The topological polar surface area (TPSA) is 64.0 Å². The number of para-hydroxylation sites is 1. The average Bonchev–Trinajstić information content (AvgIpc) is 3.15. The standard InChI is InChI=1S/C19H19N3O2S/c1-12-9-10-25-16(12)11-20-19(24)18(23)17-13(2)21-22(14(17)3)15-7-5-4-6-8-15/h4-10H,11H2,1-3H3,(H,20,24). The molecule has 0 aliphatic heterocycles. The quantitative estimate of drug-likeness (QED) is 0.565. The summed E-state index contributed by atoms with van der Waals surface area (Å²) in [7, 11) is 0. The zero-order valence-electron chi connectivity index (χ0n) is 14.4. The largest absolute Gasteiger partial charge is 0.344 e.